The van der Waals surface area contributed by atoms with Gasteiger partial charge in [-0.3, -0.25) is 4.79 Å². The molecule has 0 aliphatic carbocycles. The Kier molecular flexibility index (Phi) is 8.03. The van der Waals surface area contributed by atoms with Crippen molar-refractivity contribution in [3.8, 4) is 0 Å². The number of hydrogen-bond acceptors (Lipinski definition) is 5. The van der Waals surface area contributed by atoms with Crippen molar-refractivity contribution in [1.29, 1.82) is 0 Å². The summed E-state index contributed by atoms with van der Waals surface area (Å²) in [5.41, 5.74) is 8.59. The number of halogens is 1. The standard InChI is InChI=1S/C19H25N3O2S.ClH/c1-14-4-6-15(7-5-14)8-9-22(12-16-3-2-10-24-16)19(23)17-13-25-18(11-20)21-17;/h4-7,13,16H,2-3,8-12,20H2,1H3;1H. The smallest absolute Gasteiger partial charge is 0.273 e. The van der Waals surface area contributed by atoms with Crippen LogP contribution in [0, 0.1) is 6.92 Å². The van der Waals surface area contributed by atoms with Gasteiger partial charge in [-0.1, -0.05) is 29.8 Å². The minimum atomic E-state index is -0.0291. The summed E-state index contributed by atoms with van der Waals surface area (Å²) >= 11 is 1.44. The van der Waals surface area contributed by atoms with Gasteiger partial charge < -0.3 is 15.4 Å². The molecule has 7 heteroatoms. The number of carbonyl (C=O) groups excluding carboxylic acids is 1. The van der Waals surface area contributed by atoms with Gasteiger partial charge in [0.1, 0.15) is 10.7 Å². The third-order valence-electron chi connectivity index (χ3n) is 4.47. The van der Waals surface area contributed by atoms with Crippen molar-refractivity contribution in [2.24, 2.45) is 5.73 Å². The van der Waals surface area contributed by atoms with Crippen LogP contribution in [0.1, 0.15) is 39.5 Å². The number of nitrogens with two attached hydrogens (primary N) is 1. The largest absolute Gasteiger partial charge is 0.376 e. The second-order valence-electron chi connectivity index (χ2n) is 6.45. The molecule has 0 bridgehead atoms. The molecule has 2 heterocycles. The maximum Gasteiger partial charge on any atom is 0.273 e. The minimum absolute atomic E-state index is 0. The second kappa shape index (κ2) is 10.0. The van der Waals surface area contributed by atoms with Crippen LogP contribution in [0.2, 0.25) is 0 Å². The normalized spacial score (nSPS) is 16.3. The Morgan fingerprint density at radius 3 is 2.77 bits per heavy atom. The van der Waals surface area contributed by atoms with Crippen molar-refractivity contribution >= 4 is 29.7 Å². The Labute approximate surface area is 165 Å². The van der Waals surface area contributed by atoms with Crippen LogP contribution in [0.3, 0.4) is 0 Å². The highest BCUT2D eigenvalue weighted by atomic mass is 35.5. The lowest BCUT2D eigenvalue weighted by molar-refractivity contribution is 0.0525. The summed E-state index contributed by atoms with van der Waals surface area (Å²) in [5, 5.41) is 2.60. The van der Waals surface area contributed by atoms with E-state index in [-0.39, 0.29) is 24.4 Å². The Morgan fingerprint density at radius 1 is 1.38 bits per heavy atom. The van der Waals surface area contributed by atoms with Gasteiger partial charge in [0.05, 0.1) is 6.10 Å². The average molecular weight is 396 g/mol. The van der Waals surface area contributed by atoms with E-state index >= 15 is 0 Å². The highest BCUT2D eigenvalue weighted by Crippen LogP contribution is 2.17. The van der Waals surface area contributed by atoms with Crippen LogP contribution in [0.5, 0.6) is 0 Å². The number of aromatic nitrogens is 1. The topological polar surface area (TPSA) is 68.5 Å². The van der Waals surface area contributed by atoms with Crippen LogP contribution in [0.4, 0.5) is 0 Å². The van der Waals surface area contributed by atoms with Crippen LogP contribution < -0.4 is 5.73 Å². The van der Waals surface area contributed by atoms with Crippen LogP contribution in [-0.4, -0.2) is 41.6 Å². The van der Waals surface area contributed by atoms with Crippen molar-refractivity contribution < 1.29 is 9.53 Å². The molecule has 3 rings (SSSR count). The summed E-state index contributed by atoms with van der Waals surface area (Å²) in [6, 6.07) is 8.46. The number of aryl methyl sites for hydroxylation is 1. The van der Waals surface area contributed by atoms with E-state index in [1.54, 1.807) is 5.38 Å². The van der Waals surface area contributed by atoms with E-state index in [0.717, 1.165) is 30.9 Å². The van der Waals surface area contributed by atoms with Crippen molar-refractivity contribution in [3.63, 3.8) is 0 Å². The van der Waals surface area contributed by atoms with E-state index in [1.165, 1.54) is 22.5 Å². The number of ether oxygens (including phenoxy) is 1. The quantitative estimate of drug-likeness (QED) is 0.781. The molecule has 142 valence electrons. The number of carbonyl (C=O) groups is 1. The van der Waals surface area contributed by atoms with Gasteiger partial charge in [-0.05, 0) is 31.7 Å². The van der Waals surface area contributed by atoms with E-state index < -0.39 is 0 Å². The highest BCUT2D eigenvalue weighted by Gasteiger charge is 2.24. The lowest BCUT2D eigenvalue weighted by Crippen LogP contribution is -2.39. The van der Waals surface area contributed by atoms with Crippen molar-refractivity contribution in [3.05, 3.63) is 51.5 Å². The molecule has 0 radical (unpaired) electrons. The third kappa shape index (κ3) is 5.51. The van der Waals surface area contributed by atoms with Gasteiger partial charge in [-0.25, -0.2) is 4.98 Å². The molecule has 2 aromatic rings. The molecule has 1 aliphatic heterocycles. The average Bonchev–Trinajstić information content (AvgIpc) is 3.31. The zero-order valence-electron chi connectivity index (χ0n) is 15.0. The third-order valence-corrected chi connectivity index (χ3v) is 5.34. The molecule has 1 saturated heterocycles. The fourth-order valence-corrected chi connectivity index (χ4v) is 3.64. The molecule has 5 nitrogen and oxygen atoms in total. The SMILES string of the molecule is Cc1ccc(CCN(CC2CCCO2)C(=O)c2csc(CN)n2)cc1.Cl. The summed E-state index contributed by atoms with van der Waals surface area (Å²) in [4.78, 5) is 19.1. The monoisotopic (exact) mass is 395 g/mol. The van der Waals surface area contributed by atoms with Gasteiger partial charge in [0, 0.05) is 31.6 Å². The van der Waals surface area contributed by atoms with Crippen LogP contribution in [0.15, 0.2) is 29.6 Å². The molecule has 0 saturated carbocycles. The first-order valence-electron chi connectivity index (χ1n) is 8.76. The van der Waals surface area contributed by atoms with E-state index in [2.05, 4.69) is 36.2 Å². The van der Waals surface area contributed by atoms with Crippen molar-refractivity contribution in [1.82, 2.24) is 9.88 Å². The molecule has 1 fully saturated rings. The number of benzene rings is 1. The summed E-state index contributed by atoms with van der Waals surface area (Å²) in [6.45, 7) is 4.53. The molecule has 26 heavy (non-hydrogen) atoms. The molecule has 1 amide bonds. The molecule has 1 unspecified atom stereocenters. The summed E-state index contributed by atoms with van der Waals surface area (Å²) < 4.78 is 5.73. The molecular weight excluding hydrogens is 370 g/mol. The van der Waals surface area contributed by atoms with E-state index in [9.17, 15) is 4.79 Å². The predicted octanol–water partition coefficient (Wildman–Crippen LogP) is 3.20. The number of amides is 1. The van der Waals surface area contributed by atoms with Gasteiger partial charge >= 0.3 is 0 Å². The zero-order chi connectivity index (χ0) is 17.6. The molecule has 2 N–H and O–H groups in total. The summed E-state index contributed by atoms with van der Waals surface area (Å²) in [6.07, 6.45) is 3.04. The van der Waals surface area contributed by atoms with E-state index in [0.29, 0.717) is 25.3 Å². The molecule has 0 spiro atoms. The first-order valence-corrected chi connectivity index (χ1v) is 9.64. The zero-order valence-corrected chi connectivity index (χ0v) is 16.7. The summed E-state index contributed by atoms with van der Waals surface area (Å²) in [5.74, 6) is -0.0291. The molecule has 1 aromatic carbocycles. The lowest BCUT2D eigenvalue weighted by atomic mass is 10.1. The Balaban J connectivity index is 0.00000243. The Bertz CT molecular complexity index is 699. The number of thiazole rings is 1. The van der Waals surface area contributed by atoms with Crippen molar-refractivity contribution in [2.75, 3.05) is 19.7 Å². The highest BCUT2D eigenvalue weighted by molar-refractivity contribution is 7.09. The van der Waals surface area contributed by atoms with Crippen LogP contribution in [0.25, 0.3) is 0 Å². The summed E-state index contributed by atoms with van der Waals surface area (Å²) in [7, 11) is 0. The van der Waals surface area contributed by atoms with Gasteiger partial charge in [0.2, 0.25) is 0 Å². The Hall–Kier alpha value is -1.47. The maximum absolute atomic E-state index is 12.9. The van der Waals surface area contributed by atoms with Crippen molar-refractivity contribution in [2.45, 2.75) is 38.8 Å². The van der Waals surface area contributed by atoms with E-state index in [1.807, 2.05) is 4.90 Å². The fourth-order valence-electron chi connectivity index (χ4n) is 2.99. The number of nitrogens with zero attached hydrogens (tertiary/aromatic N) is 2. The van der Waals surface area contributed by atoms with Crippen LogP contribution in [-0.2, 0) is 17.7 Å². The van der Waals surface area contributed by atoms with Gasteiger partial charge in [0.15, 0.2) is 0 Å². The predicted molar refractivity (Wildman–Crippen MR) is 107 cm³/mol. The number of rotatable bonds is 7. The van der Waals surface area contributed by atoms with Crippen LogP contribution >= 0.6 is 23.7 Å². The molecular formula is C19H26ClN3O2S. The first kappa shape index (κ1) is 20.8. The molecule has 1 aromatic heterocycles. The molecule has 1 atom stereocenters. The van der Waals surface area contributed by atoms with E-state index in [4.69, 9.17) is 10.5 Å². The minimum Gasteiger partial charge on any atom is -0.376 e. The molecule has 1 aliphatic rings. The van der Waals surface area contributed by atoms with Gasteiger partial charge in [-0.15, -0.1) is 23.7 Å². The fraction of sp³-hybridized carbons (Fsp3) is 0.474. The van der Waals surface area contributed by atoms with Gasteiger partial charge in [-0.2, -0.15) is 0 Å². The lowest BCUT2D eigenvalue weighted by Gasteiger charge is -2.25. The Morgan fingerprint density at radius 2 is 2.15 bits per heavy atom. The second-order valence-corrected chi connectivity index (χ2v) is 7.40. The maximum atomic E-state index is 12.9. The van der Waals surface area contributed by atoms with Gasteiger partial charge in [0.25, 0.3) is 5.91 Å². The first-order chi connectivity index (χ1) is 12.2. The number of hydrogen-bond donors (Lipinski definition) is 1.